The van der Waals surface area contributed by atoms with E-state index in [0.717, 1.165) is 6.42 Å². The molecule has 4 aliphatic heterocycles. The van der Waals surface area contributed by atoms with Crippen LogP contribution in [0.25, 0.3) is 0 Å². The van der Waals surface area contributed by atoms with Crippen molar-refractivity contribution in [3.05, 3.63) is 67.4 Å². The number of aryl methyl sites for hydroxylation is 1. The molecular weight excluding hydrogens is 741 g/mol. The Morgan fingerprint density at radius 1 is 1.15 bits per heavy atom. The van der Waals surface area contributed by atoms with Gasteiger partial charge in [-0.15, -0.1) is 0 Å². The standard InChI is InChI=1S/C33H34Cl2F6N8O3/c1-46(2)30(50)27-25(35)21-13-47(6-4-8-49(21)45-27)29-17-14-51-22(23-24(33(39,40)41)18(34)9-19(42)26(23)36)10-20(17)43-31(44-29)52-15-32-5-3-7-48(32)12-16(11-32)28(37)38/h9,22H,3-8,10-15,42H2,1-2H3/t22-,32-/m0/s1. The van der Waals surface area contributed by atoms with Crippen LogP contribution >= 0.6 is 23.2 Å². The molecule has 2 N–H and O–H groups in total. The summed E-state index contributed by atoms with van der Waals surface area (Å²) in [6.07, 6.45) is -6.51. The number of halogens is 8. The summed E-state index contributed by atoms with van der Waals surface area (Å²) in [6.45, 7) is 1.39. The molecule has 2 atom stereocenters. The first-order valence-electron chi connectivity index (χ1n) is 16.6. The molecule has 19 heteroatoms. The molecule has 4 aliphatic rings. The highest BCUT2D eigenvalue weighted by Gasteiger charge is 2.49. The molecule has 280 valence electrons. The molecule has 3 aromatic rings. The van der Waals surface area contributed by atoms with Gasteiger partial charge in [-0.25, -0.2) is 4.39 Å². The number of amides is 1. The molecule has 7 rings (SSSR count). The van der Waals surface area contributed by atoms with E-state index in [9.17, 15) is 26.7 Å². The Hall–Kier alpha value is -3.80. The highest BCUT2D eigenvalue weighted by Crippen LogP contribution is 2.47. The van der Waals surface area contributed by atoms with E-state index in [1.807, 2.05) is 9.80 Å². The minimum absolute atomic E-state index is 0.0196. The lowest BCUT2D eigenvalue weighted by Gasteiger charge is -2.33. The maximum absolute atomic E-state index is 15.5. The van der Waals surface area contributed by atoms with Gasteiger partial charge in [0.15, 0.2) is 11.5 Å². The molecule has 1 amide bonds. The fraction of sp³-hybridized carbons (Fsp3) is 0.515. The van der Waals surface area contributed by atoms with Gasteiger partial charge in [0.2, 0.25) is 0 Å². The largest absolute Gasteiger partial charge is 0.461 e. The molecule has 2 fully saturated rings. The quantitative estimate of drug-likeness (QED) is 0.224. The van der Waals surface area contributed by atoms with Crippen LogP contribution in [-0.2, 0) is 37.0 Å². The van der Waals surface area contributed by atoms with Gasteiger partial charge in [-0.05, 0) is 38.3 Å². The van der Waals surface area contributed by atoms with Crippen LogP contribution in [0.1, 0.15) is 70.4 Å². The number of hydrogen-bond donors (Lipinski definition) is 1. The lowest BCUT2D eigenvalue weighted by Crippen LogP contribution is -2.43. The predicted octanol–water partition coefficient (Wildman–Crippen LogP) is 6.41. The van der Waals surface area contributed by atoms with Gasteiger partial charge < -0.3 is 25.0 Å². The van der Waals surface area contributed by atoms with Gasteiger partial charge in [0.05, 0.1) is 57.5 Å². The number of rotatable bonds is 6. The van der Waals surface area contributed by atoms with E-state index in [4.69, 9.17) is 43.4 Å². The SMILES string of the molecule is CN(C)C(=O)c1nn2c(c1Cl)CN(c1nc(OC[C@@]34CCCN3CC(=C(F)F)C4)nc3c1CO[C@H](c1c(F)c(N)cc(Cl)c1C(F)(F)F)C3)CCC2. The lowest BCUT2D eigenvalue weighted by molar-refractivity contribution is -0.140. The number of fused-ring (bicyclic) bond motifs is 3. The molecule has 1 aromatic carbocycles. The van der Waals surface area contributed by atoms with Crippen molar-refractivity contribution in [3.8, 4) is 6.01 Å². The third-order valence-electron chi connectivity index (χ3n) is 10.2. The Balaban J connectivity index is 1.29. The van der Waals surface area contributed by atoms with Gasteiger partial charge in [0.25, 0.3) is 12.0 Å². The Bertz CT molecular complexity index is 1970. The fourth-order valence-corrected chi connectivity index (χ4v) is 8.28. The maximum Gasteiger partial charge on any atom is 0.418 e. The highest BCUT2D eigenvalue weighted by molar-refractivity contribution is 6.34. The average Bonchev–Trinajstić information content (AvgIpc) is 3.68. The Morgan fingerprint density at radius 2 is 1.92 bits per heavy atom. The van der Waals surface area contributed by atoms with Gasteiger partial charge in [-0.1, -0.05) is 23.2 Å². The molecule has 2 aromatic heterocycles. The maximum atomic E-state index is 15.5. The van der Waals surface area contributed by atoms with E-state index < -0.39 is 51.6 Å². The van der Waals surface area contributed by atoms with Crippen molar-refractivity contribution in [2.75, 3.05) is 51.0 Å². The van der Waals surface area contributed by atoms with Crippen LogP contribution in [0.5, 0.6) is 6.01 Å². The smallest absolute Gasteiger partial charge is 0.418 e. The first kappa shape index (κ1) is 36.6. The highest BCUT2D eigenvalue weighted by atomic mass is 35.5. The number of hydrogen-bond acceptors (Lipinski definition) is 9. The minimum Gasteiger partial charge on any atom is -0.461 e. The second-order valence-electron chi connectivity index (χ2n) is 13.7. The lowest BCUT2D eigenvalue weighted by atomic mass is 9.93. The molecule has 0 aliphatic carbocycles. The van der Waals surface area contributed by atoms with Crippen molar-refractivity contribution < 1.29 is 40.6 Å². The first-order valence-corrected chi connectivity index (χ1v) is 17.3. The van der Waals surface area contributed by atoms with Crippen molar-refractivity contribution in [1.29, 1.82) is 0 Å². The third kappa shape index (κ3) is 6.43. The summed E-state index contributed by atoms with van der Waals surface area (Å²) in [6, 6.07) is 0.575. The van der Waals surface area contributed by atoms with Crippen LogP contribution in [0, 0.1) is 5.82 Å². The fourth-order valence-electron chi connectivity index (χ4n) is 7.67. The summed E-state index contributed by atoms with van der Waals surface area (Å²) in [5.41, 5.74) is 3.53. The Kier molecular flexibility index (Phi) is 9.53. The van der Waals surface area contributed by atoms with Gasteiger partial charge in [0.1, 0.15) is 12.4 Å². The molecule has 0 spiro atoms. The zero-order chi connectivity index (χ0) is 37.3. The number of carbonyl (C=O) groups is 1. The van der Waals surface area contributed by atoms with Crippen LogP contribution in [0.4, 0.5) is 37.8 Å². The summed E-state index contributed by atoms with van der Waals surface area (Å²) in [5, 5.41) is 3.85. The normalized spacial score (nSPS) is 21.8. The number of anilines is 2. The molecule has 6 heterocycles. The number of nitrogen functional groups attached to an aromatic ring is 1. The molecule has 0 radical (unpaired) electrons. The summed E-state index contributed by atoms with van der Waals surface area (Å²) in [5.74, 6) is -1.36. The number of ether oxygens (including phenoxy) is 2. The van der Waals surface area contributed by atoms with Crippen molar-refractivity contribution in [3.63, 3.8) is 0 Å². The molecule has 11 nitrogen and oxygen atoms in total. The van der Waals surface area contributed by atoms with E-state index in [1.54, 1.807) is 18.8 Å². The van der Waals surface area contributed by atoms with E-state index in [1.165, 1.54) is 4.90 Å². The van der Waals surface area contributed by atoms with E-state index >= 15 is 4.39 Å². The molecule has 0 saturated carbocycles. The summed E-state index contributed by atoms with van der Waals surface area (Å²) < 4.78 is 99.4. The molecule has 0 unspecified atom stereocenters. The molecule has 2 saturated heterocycles. The zero-order valence-corrected chi connectivity index (χ0v) is 29.6. The van der Waals surface area contributed by atoms with Gasteiger partial charge in [0, 0.05) is 56.9 Å². The van der Waals surface area contributed by atoms with Crippen molar-refractivity contribution in [2.45, 2.75) is 69.6 Å². The van der Waals surface area contributed by atoms with Crippen LogP contribution in [0.3, 0.4) is 0 Å². The van der Waals surface area contributed by atoms with E-state index in [-0.39, 0.29) is 73.0 Å². The topological polar surface area (TPSA) is 115 Å². The average molecular weight is 776 g/mol. The van der Waals surface area contributed by atoms with Crippen LogP contribution in [0.15, 0.2) is 17.7 Å². The molecule has 0 bridgehead atoms. The summed E-state index contributed by atoms with van der Waals surface area (Å²) >= 11 is 12.7. The number of benzene rings is 1. The Morgan fingerprint density at radius 3 is 2.63 bits per heavy atom. The number of aromatic nitrogens is 4. The number of alkyl halides is 3. The van der Waals surface area contributed by atoms with Crippen molar-refractivity contribution in [2.24, 2.45) is 0 Å². The summed E-state index contributed by atoms with van der Waals surface area (Å²) in [7, 11) is 3.17. The number of carbonyl (C=O) groups excluding carboxylic acids is 1. The van der Waals surface area contributed by atoms with Crippen LogP contribution in [0.2, 0.25) is 10.0 Å². The Labute approximate surface area is 304 Å². The minimum atomic E-state index is -5.03. The van der Waals surface area contributed by atoms with Crippen LogP contribution in [-0.4, -0.2) is 81.3 Å². The second kappa shape index (κ2) is 13.6. The first-order chi connectivity index (χ1) is 24.6. The van der Waals surface area contributed by atoms with Gasteiger partial charge >= 0.3 is 12.2 Å². The van der Waals surface area contributed by atoms with Crippen LogP contribution < -0.4 is 15.4 Å². The van der Waals surface area contributed by atoms with Gasteiger partial charge in [-0.3, -0.25) is 14.4 Å². The number of nitrogens with two attached hydrogens (primary N) is 1. The number of nitrogens with zero attached hydrogens (tertiary/aromatic N) is 7. The van der Waals surface area contributed by atoms with Crippen molar-refractivity contribution in [1.82, 2.24) is 29.5 Å². The van der Waals surface area contributed by atoms with E-state index in [2.05, 4.69) is 10.1 Å². The van der Waals surface area contributed by atoms with E-state index in [0.29, 0.717) is 55.6 Å². The predicted molar refractivity (Wildman–Crippen MR) is 178 cm³/mol. The van der Waals surface area contributed by atoms with Crippen molar-refractivity contribution >= 4 is 40.6 Å². The second-order valence-corrected chi connectivity index (χ2v) is 14.5. The molecule has 52 heavy (non-hydrogen) atoms. The monoisotopic (exact) mass is 774 g/mol. The third-order valence-corrected chi connectivity index (χ3v) is 10.9. The summed E-state index contributed by atoms with van der Waals surface area (Å²) in [4.78, 5) is 27.3. The molecular formula is C33H34Cl2F6N8O3. The zero-order valence-electron chi connectivity index (χ0n) is 28.1. The van der Waals surface area contributed by atoms with Gasteiger partial charge in [-0.2, -0.15) is 37.0 Å².